The molecular weight excluding hydrogens is 136 g/mol. The SMILES string of the molecule is Cc1cc(C)n(CCN)c1C. The lowest BCUT2D eigenvalue weighted by Crippen LogP contribution is -2.12. The summed E-state index contributed by atoms with van der Waals surface area (Å²) < 4.78 is 2.26. The molecule has 11 heavy (non-hydrogen) atoms. The van der Waals surface area contributed by atoms with Crippen molar-refractivity contribution >= 4 is 0 Å². The molecule has 2 N–H and O–H groups in total. The van der Waals surface area contributed by atoms with E-state index in [1.807, 2.05) is 0 Å². The van der Waals surface area contributed by atoms with Gasteiger partial charge in [0.1, 0.15) is 0 Å². The minimum Gasteiger partial charge on any atom is -0.348 e. The van der Waals surface area contributed by atoms with Crippen LogP contribution in [0, 0.1) is 20.8 Å². The second-order valence-electron chi connectivity index (χ2n) is 2.99. The average Bonchev–Trinajstić information content (AvgIpc) is 2.17. The van der Waals surface area contributed by atoms with Crippen LogP contribution in [-0.2, 0) is 6.54 Å². The van der Waals surface area contributed by atoms with Gasteiger partial charge in [0.15, 0.2) is 0 Å². The van der Waals surface area contributed by atoms with Crippen LogP contribution in [0.3, 0.4) is 0 Å². The Morgan fingerprint density at radius 1 is 1.36 bits per heavy atom. The maximum Gasteiger partial charge on any atom is 0.0347 e. The Kier molecular flexibility index (Phi) is 2.35. The van der Waals surface area contributed by atoms with Crippen molar-refractivity contribution in [2.75, 3.05) is 6.54 Å². The highest BCUT2D eigenvalue weighted by Gasteiger charge is 2.02. The zero-order valence-electron chi connectivity index (χ0n) is 7.52. The number of nitrogens with two attached hydrogens (primary N) is 1. The fraction of sp³-hybridized carbons (Fsp3) is 0.556. The topological polar surface area (TPSA) is 30.9 Å². The van der Waals surface area contributed by atoms with Gasteiger partial charge in [0.2, 0.25) is 0 Å². The van der Waals surface area contributed by atoms with Crippen LogP contribution in [0.2, 0.25) is 0 Å². The first kappa shape index (κ1) is 8.34. The third-order valence-electron chi connectivity index (χ3n) is 2.18. The molecule has 2 nitrogen and oxygen atoms in total. The second-order valence-corrected chi connectivity index (χ2v) is 2.99. The molecule has 0 aromatic carbocycles. The Morgan fingerprint density at radius 3 is 2.36 bits per heavy atom. The van der Waals surface area contributed by atoms with Crippen molar-refractivity contribution < 1.29 is 0 Å². The van der Waals surface area contributed by atoms with Crippen LogP contribution >= 0.6 is 0 Å². The summed E-state index contributed by atoms with van der Waals surface area (Å²) in [5.74, 6) is 0. The van der Waals surface area contributed by atoms with Crippen molar-refractivity contribution in [3.05, 3.63) is 23.0 Å². The molecular formula is C9H16N2. The molecule has 0 bridgehead atoms. The molecule has 62 valence electrons. The summed E-state index contributed by atoms with van der Waals surface area (Å²) >= 11 is 0. The van der Waals surface area contributed by atoms with Crippen molar-refractivity contribution in [3.8, 4) is 0 Å². The van der Waals surface area contributed by atoms with Gasteiger partial charge in [-0.3, -0.25) is 0 Å². The molecule has 0 amide bonds. The Balaban J connectivity index is 3.02. The van der Waals surface area contributed by atoms with E-state index in [2.05, 4.69) is 31.4 Å². The van der Waals surface area contributed by atoms with Gasteiger partial charge in [0.25, 0.3) is 0 Å². The normalized spacial score (nSPS) is 10.5. The molecule has 0 fully saturated rings. The van der Waals surface area contributed by atoms with Crippen molar-refractivity contribution in [3.63, 3.8) is 0 Å². The zero-order valence-corrected chi connectivity index (χ0v) is 7.52. The summed E-state index contributed by atoms with van der Waals surface area (Å²) in [7, 11) is 0. The zero-order chi connectivity index (χ0) is 8.43. The molecule has 0 aliphatic rings. The van der Waals surface area contributed by atoms with Gasteiger partial charge in [-0.2, -0.15) is 0 Å². The number of hydrogen-bond donors (Lipinski definition) is 1. The number of nitrogens with zero attached hydrogens (tertiary/aromatic N) is 1. The van der Waals surface area contributed by atoms with Crippen molar-refractivity contribution in [1.82, 2.24) is 4.57 Å². The molecule has 0 unspecified atom stereocenters. The van der Waals surface area contributed by atoms with Gasteiger partial charge < -0.3 is 10.3 Å². The van der Waals surface area contributed by atoms with Gasteiger partial charge in [-0.1, -0.05) is 0 Å². The highest BCUT2D eigenvalue weighted by Crippen LogP contribution is 2.12. The molecule has 0 saturated heterocycles. The highest BCUT2D eigenvalue weighted by molar-refractivity contribution is 5.24. The van der Waals surface area contributed by atoms with Gasteiger partial charge >= 0.3 is 0 Å². The smallest absolute Gasteiger partial charge is 0.0347 e. The highest BCUT2D eigenvalue weighted by atomic mass is 15.0. The van der Waals surface area contributed by atoms with Gasteiger partial charge in [-0.05, 0) is 32.4 Å². The predicted molar refractivity (Wildman–Crippen MR) is 47.7 cm³/mol. The first-order valence-electron chi connectivity index (χ1n) is 4.00. The standard InChI is InChI=1S/C9H16N2/c1-7-6-8(2)11(5-4-10)9(7)3/h6H,4-5,10H2,1-3H3. The predicted octanol–water partition coefficient (Wildman–Crippen LogP) is 1.37. The van der Waals surface area contributed by atoms with Gasteiger partial charge in [-0.15, -0.1) is 0 Å². The molecule has 0 atom stereocenters. The molecule has 2 heteroatoms. The number of aryl methyl sites for hydroxylation is 2. The van der Waals surface area contributed by atoms with Crippen molar-refractivity contribution in [2.24, 2.45) is 5.73 Å². The Bertz CT molecular complexity index is 248. The first-order valence-corrected chi connectivity index (χ1v) is 4.00. The number of hydrogen-bond acceptors (Lipinski definition) is 1. The summed E-state index contributed by atoms with van der Waals surface area (Å²) in [6, 6.07) is 2.20. The third kappa shape index (κ3) is 1.46. The first-order chi connectivity index (χ1) is 5.16. The fourth-order valence-corrected chi connectivity index (χ4v) is 1.45. The third-order valence-corrected chi connectivity index (χ3v) is 2.18. The van der Waals surface area contributed by atoms with Crippen molar-refractivity contribution in [2.45, 2.75) is 27.3 Å². The molecule has 0 aliphatic carbocycles. The quantitative estimate of drug-likeness (QED) is 0.681. The van der Waals surface area contributed by atoms with Crippen LogP contribution in [0.5, 0.6) is 0 Å². The maximum atomic E-state index is 5.49. The van der Waals surface area contributed by atoms with Crippen LogP contribution in [0.25, 0.3) is 0 Å². The summed E-state index contributed by atoms with van der Waals surface area (Å²) in [5.41, 5.74) is 9.50. The van der Waals surface area contributed by atoms with Gasteiger partial charge in [0.05, 0.1) is 0 Å². The van der Waals surface area contributed by atoms with E-state index >= 15 is 0 Å². The monoisotopic (exact) mass is 152 g/mol. The Labute approximate surface area is 68.0 Å². The molecule has 0 spiro atoms. The molecule has 0 radical (unpaired) electrons. The minimum atomic E-state index is 0.718. The molecule has 0 aliphatic heterocycles. The van der Waals surface area contributed by atoms with Crippen LogP contribution < -0.4 is 5.73 Å². The van der Waals surface area contributed by atoms with E-state index in [9.17, 15) is 0 Å². The lowest BCUT2D eigenvalue weighted by Gasteiger charge is -2.06. The van der Waals surface area contributed by atoms with E-state index in [0.29, 0.717) is 0 Å². The van der Waals surface area contributed by atoms with E-state index < -0.39 is 0 Å². The molecule has 1 aromatic heterocycles. The summed E-state index contributed by atoms with van der Waals surface area (Å²) in [4.78, 5) is 0. The van der Waals surface area contributed by atoms with Gasteiger partial charge in [0, 0.05) is 24.5 Å². The maximum absolute atomic E-state index is 5.49. The molecule has 1 heterocycles. The number of rotatable bonds is 2. The summed E-state index contributed by atoms with van der Waals surface area (Å²) in [6.45, 7) is 8.05. The van der Waals surface area contributed by atoms with Crippen molar-refractivity contribution in [1.29, 1.82) is 0 Å². The van der Waals surface area contributed by atoms with E-state index in [-0.39, 0.29) is 0 Å². The van der Waals surface area contributed by atoms with E-state index in [0.717, 1.165) is 13.1 Å². The van der Waals surface area contributed by atoms with E-state index in [4.69, 9.17) is 5.73 Å². The summed E-state index contributed by atoms with van der Waals surface area (Å²) in [6.07, 6.45) is 0. The van der Waals surface area contributed by atoms with Gasteiger partial charge in [-0.25, -0.2) is 0 Å². The largest absolute Gasteiger partial charge is 0.348 e. The fourth-order valence-electron chi connectivity index (χ4n) is 1.45. The van der Waals surface area contributed by atoms with Crippen LogP contribution in [0.15, 0.2) is 6.07 Å². The van der Waals surface area contributed by atoms with E-state index in [1.165, 1.54) is 17.0 Å². The van der Waals surface area contributed by atoms with Crippen LogP contribution in [-0.4, -0.2) is 11.1 Å². The lowest BCUT2D eigenvalue weighted by atomic mass is 10.3. The summed E-state index contributed by atoms with van der Waals surface area (Å²) in [5, 5.41) is 0. The van der Waals surface area contributed by atoms with Crippen LogP contribution in [0.1, 0.15) is 17.0 Å². The average molecular weight is 152 g/mol. The minimum absolute atomic E-state index is 0.718. The Morgan fingerprint density at radius 2 is 2.00 bits per heavy atom. The molecule has 1 aromatic rings. The molecule has 0 saturated carbocycles. The number of aromatic nitrogens is 1. The Hall–Kier alpha value is -0.760. The molecule has 1 rings (SSSR count). The van der Waals surface area contributed by atoms with E-state index in [1.54, 1.807) is 0 Å². The second kappa shape index (κ2) is 3.09. The van der Waals surface area contributed by atoms with Crippen LogP contribution in [0.4, 0.5) is 0 Å². The lowest BCUT2D eigenvalue weighted by molar-refractivity contribution is 0.673.